The molecule has 18 heavy (non-hydrogen) atoms. The Morgan fingerprint density at radius 1 is 1.22 bits per heavy atom. The molecular weight excluding hydrogens is 240 g/mol. The van der Waals surface area contributed by atoms with Gasteiger partial charge in [0.15, 0.2) is 6.10 Å². The normalized spacial score (nSPS) is 14.2. The number of halogens is 2. The topological polar surface area (TPSA) is 48.4 Å². The monoisotopic (exact) mass is 253 g/mol. The van der Waals surface area contributed by atoms with E-state index in [0.717, 1.165) is 18.2 Å². The van der Waals surface area contributed by atoms with Gasteiger partial charge in [-0.1, -0.05) is 0 Å². The Hall–Kier alpha value is -1.88. The van der Waals surface area contributed by atoms with Crippen molar-refractivity contribution < 1.29 is 17.9 Å². The SMILES string of the molecule is CC(N)C(Oc1cc(F)cc(F)c1)c1ccco1. The van der Waals surface area contributed by atoms with E-state index < -0.39 is 17.7 Å². The molecule has 1 heterocycles. The summed E-state index contributed by atoms with van der Waals surface area (Å²) in [7, 11) is 0. The molecule has 2 unspecified atom stereocenters. The van der Waals surface area contributed by atoms with E-state index in [1.54, 1.807) is 19.1 Å². The molecule has 0 fully saturated rings. The van der Waals surface area contributed by atoms with Crippen LogP contribution in [0.4, 0.5) is 8.78 Å². The van der Waals surface area contributed by atoms with Crippen LogP contribution in [0.1, 0.15) is 18.8 Å². The molecule has 1 aromatic heterocycles. The average molecular weight is 253 g/mol. The predicted molar refractivity (Wildman–Crippen MR) is 62.1 cm³/mol. The van der Waals surface area contributed by atoms with E-state index in [1.165, 1.54) is 6.26 Å². The number of benzene rings is 1. The van der Waals surface area contributed by atoms with Gasteiger partial charge in [0.25, 0.3) is 0 Å². The Morgan fingerprint density at radius 2 is 1.89 bits per heavy atom. The van der Waals surface area contributed by atoms with Gasteiger partial charge >= 0.3 is 0 Å². The molecule has 0 amide bonds. The lowest BCUT2D eigenvalue weighted by Gasteiger charge is -2.20. The zero-order valence-electron chi connectivity index (χ0n) is 9.77. The molecule has 2 aromatic rings. The van der Waals surface area contributed by atoms with Crippen molar-refractivity contribution in [2.75, 3.05) is 0 Å². The van der Waals surface area contributed by atoms with Gasteiger partial charge in [0, 0.05) is 24.2 Å². The van der Waals surface area contributed by atoms with E-state index in [2.05, 4.69) is 0 Å². The van der Waals surface area contributed by atoms with E-state index in [-0.39, 0.29) is 11.8 Å². The van der Waals surface area contributed by atoms with E-state index in [0.29, 0.717) is 5.76 Å². The third-order valence-electron chi connectivity index (χ3n) is 2.40. The van der Waals surface area contributed by atoms with Crippen LogP contribution in [0.15, 0.2) is 41.0 Å². The summed E-state index contributed by atoms with van der Waals surface area (Å²) in [6, 6.07) is 5.98. The lowest BCUT2D eigenvalue weighted by atomic mass is 10.1. The number of nitrogens with two attached hydrogens (primary N) is 1. The molecule has 1 aromatic carbocycles. The van der Waals surface area contributed by atoms with Gasteiger partial charge < -0.3 is 14.9 Å². The number of hydrogen-bond donors (Lipinski definition) is 1. The van der Waals surface area contributed by atoms with Crippen molar-refractivity contribution in [3.8, 4) is 5.75 Å². The van der Waals surface area contributed by atoms with Gasteiger partial charge in [-0.25, -0.2) is 8.78 Å². The third-order valence-corrected chi connectivity index (χ3v) is 2.40. The molecule has 96 valence electrons. The van der Waals surface area contributed by atoms with Gasteiger partial charge in [-0.2, -0.15) is 0 Å². The first-order valence-corrected chi connectivity index (χ1v) is 5.48. The molecule has 0 saturated heterocycles. The van der Waals surface area contributed by atoms with E-state index in [9.17, 15) is 8.78 Å². The maximum atomic E-state index is 13.0. The van der Waals surface area contributed by atoms with E-state index in [4.69, 9.17) is 14.9 Å². The molecule has 2 atom stereocenters. The van der Waals surface area contributed by atoms with Crippen LogP contribution in [0.3, 0.4) is 0 Å². The zero-order valence-corrected chi connectivity index (χ0v) is 9.77. The fraction of sp³-hybridized carbons (Fsp3) is 0.231. The molecule has 0 aliphatic carbocycles. The van der Waals surface area contributed by atoms with Crippen molar-refractivity contribution in [3.63, 3.8) is 0 Å². The second-order valence-corrected chi connectivity index (χ2v) is 4.02. The molecule has 0 bridgehead atoms. The Morgan fingerprint density at radius 3 is 2.39 bits per heavy atom. The first kappa shape index (κ1) is 12.6. The van der Waals surface area contributed by atoms with Crippen molar-refractivity contribution in [2.45, 2.75) is 19.1 Å². The van der Waals surface area contributed by atoms with Gasteiger partial charge in [0.2, 0.25) is 0 Å². The fourth-order valence-corrected chi connectivity index (χ4v) is 1.62. The number of ether oxygens (including phenoxy) is 1. The predicted octanol–water partition coefficient (Wildman–Crippen LogP) is 3.03. The molecule has 5 heteroatoms. The van der Waals surface area contributed by atoms with Gasteiger partial charge in [-0.05, 0) is 19.1 Å². The number of hydrogen-bond acceptors (Lipinski definition) is 3. The summed E-state index contributed by atoms with van der Waals surface area (Å²) < 4.78 is 36.8. The van der Waals surface area contributed by atoms with Crippen molar-refractivity contribution in [2.24, 2.45) is 5.73 Å². The second kappa shape index (κ2) is 5.18. The summed E-state index contributed by atoms with van der Waals surface area (Å²) in [5.74, 6) is -0.818. The average Bonchev–Trinajstić information content (AvgIpc) is 2.77. The van der Waals surface area contributed by atoms with Gasteiger partial charge in [0.1, 0.15) is 23.1 Å². The molecule has 2 N–H and O–H groups in total. The fourth-order valence-electron chi connectivity index (χ4n) is 1.62. The summed E-state index contributed by atoms with van der Waals surface area (Å²) in [4.78, 5) is 0. The van der Waals surface area contributed by atoms with Crippen LogP contribution >= 0.6 is 0 Å². The Bertz CT molecular complexity index is 491. The summed E-state index contributed by atoms with van der Waals surface area (Å²) in [5.41, 5.74) is 5.78. The highest BCUT2D eigenvalue weighted by Gasteiger charge is 2.21. The molecule has 0 aliphatic rings. The van der Waals surface area contributed by atoms with Gasteiger partial charge in [-0.15, -0.1) is 0 Å². The summed E-state index contributed by atoms with van der Waals surface area (Å²) in [6.45, 7) is 1.73. The maximum Gasteiger partial charge on any atom is 0.171 e. The van der Waals surface area contributed by atoms with Gasteiger partial charge in [0.05, 0.1) is 6.26 Å². The lowest BCUT2D eigenvalue weighted by molar-refractivity contribution is 0.152. The van der Waals surface area contributed by atoms with Crippen LogP contribution in [0.2, 0.25) is 0 Å². The van der Waals surface area contributed by atoms with Crippen molar-refractivity contribution >= 4 is 0 Å². The van der Waals surface area contributed by atoms with Crippen LogP contribution in [-0.4, -0.2) is 6.04 Å². The van der Waals surface area contributed by atoms with Crippen LogP contribution in [0.25, 0.3) is 0 Å². The van der Waals surface area contributed by atoms with Crippen LogP contribution in [0, 0.1) is 11.6 Å². The van der Waals surface area contributed by atoms with Gasteiger partial charge in [-0.3, -0.25) is 0 Å². The molecule has 0 saturated carbocycles. The van der Waals surface area contributed by atoms with Crippen LogP contribution in [-0.2, 0) is 0 Å². The zero-order chi connectivity index (χ0) is 13.1. The first-order chi connectivity index (χ1) is 8.56. The van der Waals surface area contributed by atoms with Crippen molar-refractivity contribution in [1.82, 2.24) is 0 Å². The minimum Gasteiger partial charge on any atom is -0.481 e. The quantitative estimate of drug-likeness (QED) is 0.911. The largest absolute Gasteiger partial charge is 0.481 e. The minimum atomic E-state index is -0.701. The standard InChI is InChI=1S/C13H13F2NO2/c1-8(16)13(12-3-2-4-17-12)18-11-6-9(14)5-10(15)7-11/h2-8,13H,16H2,1H3. The second-order valence-electron chi connectivity index (χ2n) is 4.02. The smallest absolute Gasteiger partial charge is 0.171 e. The number of rotatable bonds is 4. The van der Waals surface area contributed by atoms with Crippen LogP contribution < -0.4 is 10.5 Å². The highest BCUT2D eigenvalue weighted by atomic mass is 19.1. The Balaban J connectivity index is 2.24. The molecule has 0 spiro atoms. The van der Waals surface area contributed by atoms with E-state index >= 15 is 0 Å². The lowest BCUT2D eigenvalue weighted by Crippen LogP contribution is -2.28. The molecule has 0 radical (unpaired) electrons. The summed E-state index contributed by atoms with van der Waals surface area (Å²) in [6.07, 6.45) is 0.890. The van der Waals surface area contributed by atoms with Crippen LogP contribution in [0.5, 0.6) is 5.75 Å². The Labute approximate surface area is 103 Å². The summed E-state index contributed by atoms with van der Waals surface area (Å²) in [5, 5.41) is 0. The molecular formula is C13H13F2NO2. The molecule has 0 aliphatic heterocycles. The number of furan rings is 1. The minimum absolute atomic E-state index is 0.0752. The van der Waals surface area contributed by atoms with E-state index in [1.807, 2.05) is 0 Å². The van der Waals surface area contributed by atoms with Crippen molar-refractivity contribution in [3.05, 3.63) is 54.0 Å². The highest BCUT2D eigenvalue weighted by molar-refractivity contribution is 5.25. The maximum absolute atomic E-state index is 13.0. The molecule has 2 rings (SSSR count). The van der Waals surface area contributed by atoms with Crippen molar-refractivity contribution in [1.29, 1.82) is 0 Å². The first-order valence-electron chi connectivity index (χ1n) is 5.48. The Kier molecular flexibility index (Phi) is 3.62. The highest BCUT2D eigenvalue weighted by Crippen LogP contribution is 2.25. The third kappa shape index (κ3) is 2.87. The summed E-state index contributed by atoms with van der Waals surface area (Å²) >= 11 is 0. The molecule has 3 nitrogen and oxygen atoms in total.